The van der Waals surface area contributed by atoms with E-state index in [1.807, 2.05) is 36.4 Å². The summed E-state index contributed by atoms with van der Waals surface area (Å²) in [7, 11) is 0. The van der Waals surface area contributed by atoms with Gasteiger partial charge in [0.25, 0.3) is 0 Å². The van der Waals surface area contributed by atoms with Crippen LogP contribution in [0.2, 0.25) is 0 Å². The highest BCUT2D eigenvalue weighted by Gasteiger charge is 2.27. The molecule has 2 unspecified atom stereocenters. The summed E-state index contributed by atoms with van der Waals surface area (Å²) < 4.78 is 2.15. The van der Waals surface area contributed by atoms with E-state index in [1.165, 1.54) is 0 Å². The number of benzene rings is 2. The van der Waals surface area contributed by atoms with Crippen molar-refractivity contribution < 1.29 is 4.79 Å². The number of aromatic nitrogens is 2. The maximum atomic E-state index is 12.5. The quantitative estimate of drug-likeness (QED) is 0.666. The van der Waals surface area contributed by atoms with Gasteiger partial charge in [-0.1, -0.05) is 36.8 Å². The number of para-hydroxylation sites is 3. The van der Waals surface area contributed by atoms with Gasteiger partial charge in [-0.3, -0.25) is 9.36 Å². The van der Waals surface area contributed by atoms with Gasteiger partial charge in [-0.25, -0.2) is 4.98 Å². The fraction of sp³-hybridized carbons (Fsp3) is 0.364. The van der Waals surface area contributed by atoms with Crippen LogP contribution in [0.5, 0.6) is 0 Å². The molecule has 1 fully saturated rings. The van der Waals surface area contributed by atoms with Crippen molar-refractivity contribution >= 4 is 29.3 Å². The number of imidazole rings is 1. The Morgan fingerprint density at radius 3 is 2.64 bits per heavy atom. The minimum atomic E-state index is 0. The van der Waals surface area contributed by atoms with Gasteiger partial charge in [-0.05, 0) is 49.6 Å². The number of hydrogen-bond donors (Lipinski definition) is 2. The smallest absolute Gasteiger partial charge is 0.220 e. The Labute approximate surface area is 171 Å². The Morgan fingerprint density at radius 1 is 1.11 bits per heavy atom. The molecule has 148 valence electrons. The molecule has 1 amide bonds. The minimum absolute atomic E-state index is 0. The van der Waals surface area contributed by atoms with E-state index < -0.39 is 0 Å². The molecular formula is C22H27ClN4O. The molecule has 5 nitrogen and oxygen atoms in total. The van der Waals surface area contributed by atoms with E-state index in [0.29, 0.717) is 25.3 Å². The molecule has 0 bridgehead atoms. The molecule has 0 aliphatic heterocycles. The highest BCUT2D eigenvalue weighted by atomic mass is 35.5. The van der Waals surface area contributed by atoms with Crippen LogP contribution in [0.25, 0.3) is 16.7 Å². The van der Waals surface area contributed by atoms with Crippen LogP contribution >= 0.6 is 12.4 Å². The summed E-state index contributed by atoms with van der Waals surface area (Å²) in [6, 6.07) is 18.5. The normalized spacial score (nSPS) is 18.8. The van der Waals surface area contributed by atoms with Crippen molar-refractivity contribution in [1.29, 1.82) is 0 Å². The van der Waals surface area contributed by atoms with E-state index in [2.05, 4.69) is 28.1 Å². The molecule has 6 heteroatoms. The first-order valence-corrected chi connectivity index (χ1v) is 9.77. The maximum Gasteiger partial charge on any atom is 0.220 e. The first-order valence-electron chi connectivity index (χ1n) is 9.77. The second-order valence-electron chi connectivity index (χ2n) is 7.29. The third-order valence-electron chi connectivity index (χ3n) is 5.53. The largest absolute Gasteiger partial charge is 0.353 e. The van der Waals surface area contributed by atoms with E-state index in [0.717, 1.165) is 41.8 Å². The first-order chi connectivity index (χ1) is 13.3. The van der Waals surface area contributed by atoms with Crippen LogP contribution in [-0.4, -0.2) is 28.0 Å². The summed E-state index contributed by atoms with van der Waals surface area (Å²) in [6.07, 6.45) is 4.34. The topological polar surface area (TPSA) is 72.9 Å². The highest BCUT2D eigenvalue weighted by Crippen LogP contribution is 2.25. The van der Waals surface area contributed by atoms with Crippen LogP contribution in [0.4, 0.5) is 0 Å². The van der Waals surface area contributed by atoms with Crippen LogP contribution in [-0.2, 0) is 11.2 Å². The number of rotatable bonds is 6. The Kier molecular flexibility index (Phi) is 6.70. The van der Waals surface area contributed by atoms with Crippen LogP contribution in [0.15, 0.2) is 54.6 Å². The molecular weight excluding hydrogens is 372 g/mol. The van der Waals surface area contributed by atoms with Gasteiger partial charge in [0.2, 0.25) is 5.91 Å². The lowest BCUT2D eigenvalue weighted by Gasteiger charge is -2.19. The van der Waals surface area contributed by atoms with Gasteiger partial charge >= 0.3 is 0 Å². The number of halogens is 1. The molecule has 0 radical (unpaired) electrons. The number of aryl methyl sites for hydroxylation is 1. The molecule has 1 aliphatic carbocycles. The van der Waals surface area contributed by atoms with Gasteiger partial charge < -0.3 is 11.1 Å². The molecule has 2 atom stereocenters. The van der Waals surface area contributed by atoms with Gasteiger partial charge in [-0.2, -0.15) is 0 Å². The zero-order valence-electron chi connectivity index (χ0n) is 15.9. The van der Waals surface area contributed by atoms with Crippen LogP contribution in [0, 0.1) is 5.92 Å². The third kappa shape index (κ3) is 4.21. The molecule has 1 saturated carbocycles. The summed E-state index contributed by atoms with van der Waals surface area (Å²) in [6.45, 7) is 0.648. The van der Waals surface area contributed by atoms with E-state index >= 15 is 0 Å². The fourth-order valence-electron chi connectivity index (χ4n) is 4.12. The lowest BCUT2D eigenvalue weighted by Crippen LogP contribution is -2.40. The number of carbonyl (C=O) groups excluding carboxylic acids is 1. The average Bonchev–Trinajstić information content (AvgIpc) is 3.30. The van der Waals surface area contributed by atoms with Crippen molar-refractivity contribution in [2.24, 2.45) is 11.7 Å². The number of carbonyl (C=O) groups is 1. The van der Waals surface area contributed by atoms with E-state index in [9.17, 15) is 4.79 Å². The molecule has 1 heterocycles. The zero-order valence-corrected chi connectivity index (χ0v) is 16.7. The van der Waals surface area contributed by atoms with Gasteiger partial charge in [0.1, 0.15) is 5.82 Å². The Bertz CT molecular complexity index is 925. The van der Waals surface area contributed by atoms with Crippen LogP contribution < -0.4 is 11.1 Å². The molecule has 2 aromatic carbocycles. The zero-order chi connectivity index (χ0) is 18.6. The molecule has 3 aromatic rings. The summed E-state index contributed by atoms with van der Waals surface area (Å²) in [5.74, 6) is 1.43. The molecule has 3 N–H and O–H groups in total. The van der Waals surface area contributed by atoms with Gasteiger partial charge in [0.15, 0.2) is 0 Å². The maximum absolute atomic E-state index is 12.5. The predicted molar refractivity (Wildman–Crippen MR) is 115 cm³/mol. The average molecular weight is 399 g/mol. The standard InChI is InChI=1S/C22H26N4O.ClH/c23-15-16-7-6-11-18(16)25-22(27)14-13-21-24-19-10-4-5-12-20(19)26(21)17-8-2-1-3-9-17;/h1-5,8-10,12,16,18H,6-7,11,13-15,23H2,(H,25,27);1H. The van der Waals surface area contributed by atoms with Crippen molar-refractivity contribution in [1.82, 2.24) is 14.9 Å². The first kappa shape index (κ1) is 20.4. The second-order valence-corrected chi connectivity index (χ2v) is 7.29. The number of nitrogens with two attached hydrogens (primary N) is 1. The summed E-state index contributed by atoms with van der Waals surface area (Å²) >= 11 is 0. The molecule has 1 aliphatic rings. The van der Waals surface area contributed by atoms with Gasteiger partial charge in [0, 0.05) is 24.6 Å². The van der Waals surface area contributed by atoms with Crippen molar-refractivity contribution in [2.75, 3.05) is 6.54 Å². The van der Waals surface area contributed by atoms with Crippen molar-refractivity contribution in [3.05, 3.63) is 60.4 Å². The lowest BCUT2D eigenvalue weighted by atomic mass is 10.0. The monoisotopic (exact) mass is 398 g/mol. The van der Waals surface area contributed by atoms with E-state index in [-0.39, 0.29) is 24.4 Å². The molecule has 4 rings (SSSR count). The van der Waals surface area contributed by atoms with Crippen molar-refractivity contribution in [3.63, 3.8) is 0 Å². The number of nitrogens with one attached hydrogen (secondary N) is 1. The van der Waals surface area contributed by atoms with Crippen LogP contribution in [0.3, 0.4) is 0 Å². The van der Waals surface area contributed by atoms with Crippen LogP contribution in [0.1, 0.15) is 31.5 Å². The molecule has 1 aromatic heterocycles. The summed E-state index contributed by atoms with van der Waals surface area (Å²) in [5, 5.41) is 3.19. The predicted octanol–water partition coefficient (Wildman–Crippen LogP) is 3.62. The molecule has 0 saturated heterocycles. The van der Waals surface area contributed by atoms with E-state index in [1.54, 1.807) is 0 Å². The number of nitrogens with zero attached hydrogens (tertiary/aromatic N) is 2. The molecule has 28 heavy (non-hydrogen) atoms. The highest BCUT2D eigenvalue weighted by molar-refractivity contribution is 5.85. The minimum Gasteiger partial charge on any atom is -0.353 e. The number of amides is 1. The van der Waals surface area contributed by atoms with Crippen molar-refractivity contribution in [2.45, 2.75) is 38.1 Å². The Balaban J connectivity index is 0.00000225. The Morgan fingerprint density at radius 2 is 1.86 bits per heavy atom. The SMILES string of the molecule is Cl.NCC1CCCC1NC(=O)CCc1nc2ccccc2n1-c1ccccc1. The van der Waals surface area contributed by atoms with Gasteiger partial charge in [-0.15, -0.1) is 12.4 Å². The number of hydrogen-bond acceptors (Lipinski definition) is 3. The second kappa shape index (κ2) is 9.22. The molecule has 0 spiro atoms. The summed E-state index contributed by atoms with van der Waals surface area (Å²) in [5.41, 5.74) is 8.92. The van der Waals surface area contributed by atoms with E-state index in [4.69, 9.17) is 10.7 Å². The van der Waals surface area contributed by atoms with Crippen molar-refractivity contribution in [3.8, 4) is 5.69 Å². The lowest BCUT2D eigenvalue weighted by molar-refractivity contribution is -0.122. The fourth-order valence-corrected chi connectivity index (χ4v) is 4.12. The van der Waals surface area contributed by atoms with Gasteiger partial charge in [0.05, 0.1) is 11.0 Å². The third-order valence-corrected chi connectivity index (χ3v) is 5.53. The summed E-state index contributed by atoms with van der Waals surface area (Å²) in [4.78, 5) is 17.3. The Hall–Kier alpha value is -2.37. The number of fused-ring (bicyclic) bond motifs is 1.